The van der Waals surface area contributed by atoms with E-state index in [0.717, 1.165) is 9.96 Å². The Morgan fingerprint density at radius 1 is 1.00 bits per heavy atom. The molecule has 0 N–H and O–H groups in total. The molecule has 2 aromatic rings. The van der Waals surface area contributed by atoms with Gasteiger partial charge in [0.1, 0.15) is 3.70 Å². The highest BCUT2D eigenvalue weighted by Crippen LogP contribution is 2.08. The summed E-state index contributed by atoms with van der Waals surface area (Å²) in [5.74, 6) is 0. The SMILES string of the molecule is CC(C)n1ccc(I)n1.CC(C)n1ccc(S(C)(=O)=O)n1. The van der Waals surface area contributed by atoms with Gasteiger partial charge in [0.25, 0.3) is 0 Å². The van der Waals surface area contributed by atoms with Crippen LogP contribution in [0, 0.1) is 3.70 Å². The van der Waals surface area contributed by atoms with E-state index in [-0.39, 0.29) is 11.1 Å². The van der Waals surface area contributed by atoms with Crippen LogP contribution in [0.2, 0.25) is 0 Å². The van der Waals surface area contributed by atoms with Crippen molar-refractivity contribution in [3.8, 4) is 0 Å². The maximum absolute atomic E-state index is 11.0. The minimum absolute atomic E-state index is 0.135. The van der Waals surface area contributed by atoms with E-state index >= 15 is 0 Å². The maximum Gasteiger partial charge on any atom is 0.194 e. The van der Waals surface area contributed by atoms with Crippen molar-refractivity contribution in [2.75, 3.05) is 6.26 Å². The molecule has 8 heteroatoms. The minimum Gasteiger partial charge on any atom is -0.269 e. The van der Waals surface area contributed by atoms with E-state index in [2.05, 4.69) is 46.6 Å². The summed E-state index contributed by atoms with van der Waals surface area (Å²) in [6.45, 7) is 8.12. The van der Waals surface area contributed by atoms with Gasteiger partial charge < -0.3 is 0 Å². The Morgan fingerprint density at radius 3 is 1.71 bits per heavy atom. The second kappa shape index (κ2) is 7.39. The first-order chi connectivity index (χ1) is 9.61. The zero-order valence-corrected chi connectivity index (χ0v) is 15.8. The van der Waals surface area contributed by atoms with E-state index in [1.54, 1.807) is 10.9 Å². The quantitative estimate of drug-likeness (QED) is 0.711. The average molecular weight is 424 g/mol. The Balaban J connectivity index is 0.000000219. The maximum atomic E-state index is 11.0. The highest BCUT2D eigenvalue weighted by Gasteiger charge is 2.11. The van der Waals surface area contributed by atoms with E-state index in [9.17, 15) is 8.42 Å². The molecular formula is C13H21IN4O2S. The van der Waals surface area contributed by atoms with Crippen molar-refractivity contribution >= 4 is 32.4 Å². The lowest BCUT2D eigenvalue weighted by Gasteiger charge is -2.02. The van der Waals surface area contributed by atoms with Gasteiger partial charge in [0, 0.05) is 30.7 Å². The zero-order chi connectivity index (χ0) is 16.2. The number of hydrogen-bond donors (Lipinski definition) is 0. The minimum atomic E-state index is -3.15. The number of halogens is 1. The third-order valence-electron chi connectivity index (χ3n) is 2.60. The third kappa shape index (κ3) is 5.77. The standard InChI is InChI=1S/C7H12N2O2S.C6H9IN2/c1-6(2)9-5-4-7(8-9)12(3,10)11;1-5(2)9-4-3-6(7)8-9/h4-6H,1-3H3;3-5H,1-2H3. The van der Waals surface area contributed by atoms with Crippen LogP contribution in [0.15, 0.2) is 29.6 Å². The summed E-state index contributed by atoms with van der Waals surface area (Å²) < 4.78 is 26.6. The predicted octanol–water partition coefficient (Wildman–Crippen LogP) is 2.94. The van der Waals surface area contributed by atoms with Crippen LogP contribution in [0.5, 0.6) is 0 Å². The molecule has 0 amide bonds. The molecule has 0 aromatic carbocycles. The molecule has 0 aliphatic carbocycles. The van der Waals surface area contributed by atoms with Gasteiger partial charge in [-0.2, -0.15) is 10.2 Å². The van der Waals surface area contributed by atoms with Crippen molar-refractivity contribution in [1.82, 2.24) is 19.6 Å². The fourth-order valence-electron chi connectivity index (χ4n) is 1.41. The molecule has 0 saturated carbocycles. The molecule has 0 unspecified atom stereocenters. The molecule has 0 saturated heterocycles. The Kier molecular flexibility index (Phi) is 6.39. The van der Waals surface area contributed by atoms with Gasteiger partial charge >= 0.3 is 0 Å². The molecule has 6 nitrogen and oxygen atoms in total. The van der Waals surface area contributed by atoms with Gasteiger partial charge in [0.15, 0.2) is 14.9 Å². The van der Waals surface area contributed by atoms with Gasteiger partial charge in [0.2, 0.25) is 0 Å². The Labute approximate surface area is 139 Å². The second-order valence-corrected chi connectivity index (χ2v) is 8.28. The largest absolute Gasteiger partial charge is 0.269 e. The van der Waals surface area contributed by atoms with Crippen LogP contribution < -0.4 is 0 Å². The molecule has 0 aliphatic rings. The van der Waals surface area contributed by atoms with Crippen LogP contribution >= 0.6 is 22.6 Å². The van der Waals surface area contributed by atoms with E-state index in [1.165, 1.54) is 6.07 Å². The van der Waals surface area contributed by atoms with Crippen molar-refractivity contribution in [3.63, 3.8) is 0 Å². The molecule has 0 radical (unpaired) electrons. The number of aromatic nitrogens is 4. The predicted molar refractivity (Wildman–Crippen MR) is 91.1 cm³/mol. The highest BCUT2D eigenvalue weighted by molar-refractivity contribution is 14.1. The molecule has 0 atom stereocenters. The molecule has 21 heavy (non-hydrogen) atoms. The fraction of sp³-hybridized carbons (Fsp3) is 0.538. The van der Waals surface area contributed by atoms with Crippen molar-refractivity contribution in [1.29, 1.82) is 0 Å². The Bertz CT molecular complexity index is 674. The molecule has 0 spiro atoms. The third-order valence-corrected chi connectivity index (χ3v) is 4.15. The van der Waals surface area contributed by atoms with Crippen LogP contribution in [-0.4, -0.2) is 34.2 Å². The fourth-order valence-corrected chi connectivity index (χ4v) is 2.37. The number of nitrogens with zero attached hydrogens (tertiary/aromatic N) is 4. The molecule has 0 aliphatic heterocycles. The van der Waals surface area contributed by atoms with Gasteiger partial charge in [-0.15, -0.1) is 0 Å². The first kappa shape index (κ1) is 18.1. The van der Waals surface area contributed by atoms with Crippen molar-refractivity contribution in [3.05, 3.63) is 28.2 Å². The molecule has 2 aromatic heterocycles. The van der Waals surface area contributed by atoms with Crippen LogP contribution in [-0.2, 0) is 9.84 Å². The van der Waals surface area contributed by atoms with Crippen molar-refractivity contribution < 1.29 is 8.42 Å². The lowest BCUT2D eigenvalue weighted by atomic mass is 10.4. The molecule has 2 heterocycles. The summed E-state index contributed by atoms with van der Waals surface area (Å²) in [6, 6.07) is 4.18. The van der Waals surface area contributed by atoms with Crippen LogP contribution in [0.3, 0.4) is 0 Å². The lowest BCUT2D eigenvalue weighted by molar-refractivity contribution is 0.516. The topological polar surface area (TPSA) is 69.8 Å². The summed E-state index contributed by atoms with van der Waals surface area (Å²) in [5.41, 5.74) is 0. The summed E-state index contributed by atoms with van der Waals surface area (Å²) in [5, 5.41) is 8.26. The molecular weight excluding hydrogens is 403 g/mol. The summed E-state index contributed by atoms with van der Waals surface area (Å²) in [4.78, 5) is 0. The van der Waals surface area contributed by atoms with Gasteiger partial charge in [-0.25, -0.2) is 8.42 Å². The first-order valence-electron chi connectivity index (χ1n) is 6.57. The van der Waals surface area contributed by atoms with Crippen LogP contribution in [0.1, 0.15) is 39.8 Å². The van der Waals surface area contributed by atoms with Crippen molar-refractivity contribution in [2.24, 2.45) is 0 Å². The van der Waals surface area contributed by atoms with E-state index < -0.39 is 9.84 Å². The zero-order valence-electron chi connectivity index (χ0n) is 12.9. The summed E-state index contributed by atoms with van der Waals surface area (Å²) in [6.07, 6.45) is 4.81. The Morgan fingerprint density at radius 2 is 1.48 bits per heavy atom. The summed E-state index contributed by atoms with van der Waals surface area (Å²) >= 11 is 2.20. The van der Waals surface area contributed by atoms with Gasteiger partial charge in [-0.1, -0.05) is 0 Å². The van der Waals surface area contributed by atoms with Crippen molar-refractivity contribution in [2.45, 2.75) is 44.8 Å². The van der Waals surface area contributed by atoms with Gasteiger partial charge in [0.05, 0.1) is 0 Å². The molecule has 2 rings (SSSR count). The second-order valence-electron chi connectivity index (χ2n) is 5.21. The Hall–Kier alpha value is -0.900. The molecule has 0 bridgehead atoms. The monoisotopic (exact) mass is 424 g/mol. The summed E-state index contributed by atoms with van der Waals surface area (Å²) in [7, 11) is -3.15. The average Bonchev–Trinajstić information content (AvgIpc) is 2.96. The molecule has 118 valence electrons. The van der Waals surface area contributed by atoms with Crippen LogP contribution in [0.25, 0.3) is 0 Å². The smallest absolute Gasteiger partial charge is 0.194 e. The number of hydrogen-bond acceptors (Lipinski definition) is 4. The van der Waals surface area contributed by atoms with Crippen LogP contribution in [0.4, 0.5) is 0 Å². The van der Waals surface area contributed by atoms with E-state index in [0.29, 0.717) is 6.04 Å². The lowest BCUT2D eigenvalue weighted by Crippen LogP contribution is -2.04. The van der Waals surface area contributed by atoms with E-state index in [4.69, 9.17) is 0 Å². The highest BCUT2D eigenvalue weighted by atomic mass is 127. The van der Waals surface area contributed by atoms with Gasteiger partial charge in [-0.3, -0.25) is 9.36 Å². The molecule has 0 fully saturated rings. The normalized spacial score (nSPS) is 11.6. The first-order valence-corrected chi connectivity index (χ1v) is 9.54. The van der Waals surface area contributed by atoms with E-state index in [1.807, 2.05) is 30.8 Å². The van der Waals surface area contributed by atoms with Gasteiger partial charge in [-0.05, 0) is 62.4 Å². The number of sulfone groups is 1. The number of rotatable bonds is 3.